The summed E-state index contributed by atoms with van der Waals surface area (Å²) in [5.41, 5.74) is 0.453. The maximum Gasteiger partial charge on any atom is 0.326 e. The van der Waals surface area contributed by atoms with Crippen molar-refractivity contribution in [3.8, 4) is 5.75 Å². The number of hydrogen-bond donors (Lipinski definition) is 2. The highest BCUT2D eigenvalue weighted by Gasteiger charge is 2.32. The molecule has 0 bridgehead atoms. The Morgan fingerprint density at radius 3 is 2.43 bits per heavy atom. The van der Waals surface area contributed by atoms with Crippen LogP contribution in [0.5, 0.6) is 5.75 Å². The minimum Gasteiger partial charge on any atom is -0.493 e. The van der Waals surface area contributed by atoms with Crippen molar-refractivity contribution in [2.45, 2.75) is 40.2 Å². The Kier molecular flexibility index (Phi) is 5.76. The summed E-state index contributed by atoms with van der Waals surface area (Å²) >= 11 is 0. The predicted octanol–water partition coefficient (Wildman–Crippen LogP) is 2.38. The van der Waals surface area contributed by atoms with Crippen LogP contribution in [0.3, 0.4) is 0 Å². The van der Waals surface area contributed by atoms with Gasteiger partial charge in [-0.05, 0) is 24.0 Å². The normalized spacial score (nSPS) is 12.6. The molecule has 1 aromatic rings. The van der Waals surface area contributed by atoms with Crippen molar-refractivity contribution < 1.29 is 19.4 Å². The molecule has 0 unspecified atom stereocenters. The largest absolute Gasteiger partial charge is 0.493 e. The van der Waals surface area contributed by atoms with Crippen LogP contribution in [0, 0.1) is 12.3 Å². The van der Waals surface area contributed by atoms with Crippen LogP contribution >= 0.6 is 0 Å². The van der Waals surface area contributed by atoms with Gasteiger partial charge in [0.05, 0.1) is 13.0 Å². The number of para-hydroxylation sites is 1. The fourth-order valence-corrected chi connectivity index (χ4v) is 1.85. The minimum absolute atomic E-state index is 0.119. The summed E-state index contributed by atoms with van der Waals surface area (Å²) in [6, 6.07) is 6.62. The van der Waals surface area contributed by atoms with Crippen LogP contribution in [0.15, 0.2) is 24.3 Å². The molecule has 0 saturated carbocycles. The summed E-state index contributed by atoms with van der Waals surface area (Å²) < 4.78 is 5.53. The molecule has 0 spiro atoms. The molecule has 0 fully saturated rings. The maximum absolute atomic E-state index is 11.8. The molecule has 5 heteroatoms. The molecule has 0 saturated heterocycles. The highest BCUT2D eigenvalue weighted by molar-refractivity contribution is 5.84. The topological polar surface area (TPSA) is 75.6 Å². The first kappa shape index (κ1) is 17.0. The maximum atomic E-state index is 11.8. The van der Waals surface area contributed by atoms with E-state index in [0.29, 0.717) is 0 Å². The third kappa shape index (κ3) is 5.45. The zero-order valence-corrected chi connectivity index (χ0v) is 13.0. The van der Waals surface area contributed by atoms with E-state index >= 15 is 0 Å². The second-order valence-corrected chi connectivity index (χ2v) is 6.07. The molecule has 1 aromatic carbocycles. The van der Waals surface area contributed by atoms with E-state index in [2.05, 4.69) is 5.32 Å². The lowest BCUT2D eigenvalue weighted by Crippen LogP contribution is -2.49. The van der Waals surface area contributed by atoms with Crippen molar-refractivity contribution in [3.63, 3.8) is 0 Å². The number of amides is 1. The fraction of sp³-hybridized carbons (Fsp3) is 0.500. The molecule has 116 valence electrons. The molecule has 2 N–H and O–H groups in total. The molecule has 0 radical (unpaired) electrons. The molecule has 21 heavy (non-hydrogen) atoms. The van der Waals surface area contributed by atoms with Crippen molar-refractivity contribution in [3.05, 3.63) is 29.8 Å². The van der Waals surface area contributed by atoms with Crippen LogP contribution < -0.4 is 10.1 Å². The van der Waals surface area contributed by atoms with Gasteiger partial charge in [-0.3, -0.25) is 4.79 Å². The van der Waals surface area contributed by atoms with Crippen LogP contribution in [0.2, 0.25) is 0 Å². The summed E-state index contributed by atoms with van der Waals surface area (Å²) in [4.78, 5) is 23.0. The quantitative estimate of drug-likeness (QED) is 0.844. The van der Waals surface area contributed by atoms with Gasteiger partial charge in [0.2, 0.25) is 5.91 Å². The number of ether oxygens (including phenoxy) is 1. The van der Waals surface area contributed by atoms with E-state index < -0.39 is 17.4 Å². The lowest BCUT2D eigenvalue weighted by Gasteiger charge is -2.27. The van der Waals surface area contributed by atoms with Crippen molar-refractivity contribution in [1.82, 2.24) is 5.32 Å². The molecule has 1 rings (SSSR count). The summed E-state index contributed by atoms with van der Waals surface area (Å²) in [6.07, 6.45) is 0.119. The molecule has 0 aliphatic carbocycles. The zero-order chi connectivity index (χ0) is 16.0. The second-order valence-electron chi connectivity index (χ2n) is 6.07. The molecule has 1 atom stereocenters. The molecule has 1 amide bonds. The monoisotopic (exact) mass is 293 g/mol. The highest BCUT2D eigenvalue weighted by atomic mass is 16.5. The molecule has 5 nitrogen and oxygen atoms in total. The van der Waals surface area contributed by atoms with E-state index in [1.165, 1.54) is 0 Å². The Balaban J connectivity index is 2.47. The van der Waals surface area contributed by atoms with E-state index in [9.17, 15) is 9.59 Å². The standard InChI is InChI=1S/C16H23NO4/c1-11-7-5-6-8-12(11)21-10-9-13(18)17-14(15(19)20)16(2,3)4/h5-8,14H,9-10H2,1-4H3,(H,17,18)(H,19,20)/t14-/m0/s1. The average Bonchev–Trinajstić information content (AvgIpc) is 2.36. The minimum atomic E-state index is -1.03. The Hall–Kier alpha value is -2.04. The number of aliphatic carboxylic acids is 1. The summed E-state index contributed by atoms with van der Waals surface area (Å²) in [5.74, 6) is -0.627. The predicted molar refractivity (Wildman–Crippen MR) is 80.3 cm³/mol. The number of benzene rings is 1. The molecule has 0 aliphatic heterocycles. The van der Waals surface area contributed by atoms with E-state index in [1.54, 1.807) is 20.8 Å². The van der Waals surface area contributed by atoms with Gasteiger partial charge in [-0.1, -0.05) is 39.0 Å². The van der Waals surface area contributed by atoms with E-state index in [1.807, 2.05) is 31.2 Å². The second kappa shape index (κ2) is 7.11. The van der Waals surface area contributed by atoms with Gasteiger partial charge in [-0.25, -0.2) is 4.79 Å². The van der Waals surface area contributed by atoms with Gasteiger partial charge in [0.1, 0.15) is 11.8 Å². The van der Waals surface area contributed by atoms with Gasteiger partial charge < -0.3 is 15.2 Å². The SMILES string of the molecule is Cc1ccccc1OCCC(=O)N[C@@H](C(=O)O)C(C)(C)C. The Labute approximate surface area is 125 Å². The third-order valence-electron chi connectivity index (χ3n) is 3.10. The van der Waals surface area contributed by atoms with Gasteiger partial charge in [0.25, 0.3) is 0 Å². The Morgan fingerprint density at radius 1 is 1.29 bits per heavy atom. The molecule has 0 aromatic heterocycles. The number of rotatable bonds is 6. The molecule has 0 heterocycles. The number of carbonyl (C=O) groups is 2. The van der Waals surface area contributed by atoms with Crippen LogP contribution in [-0.2, 0) is 9.59 Å². The van der Waals surface area contributed by atoms with Crippen molar-refractivity contribution in [1.29, 1.82) is 0 Å². The Bertz CT molecular complexity index is 505. The first-order valence-corrected chi connectivity index (χ1v) is 6.92. The van der Waals surface area contributed by atoms with Crippen molar-refractivity contribution in [2.24, 2.45) is 5.41 Å². The smallest absolute Gasteiger partial charge is 0.326 e. The number of aryl methyl sites for hydroxylation is 1. The van der Waals surface area contributed by atoms with E-state index in [0.717, 1.165) is 11.3 Å². The van der Waals surface area contributed by atoms with Crippen LogP contribution in [0.1, 0.15) is 32.8 Å². The van der Waals surface area contributed by atoms with Gasteiger partial charge in [-0.15, -0.1) is 0 Å². The first-order chi connectivity index (χ1) is 9.71. The van der Waals surface area contributed by atoms with Crippen LogP contribution in [-0.4, -0.2) is 29.6 Å². The summed E-state index contributed by atoms with van der Waals surface area (Å²) in [6.45, 7) is 7.46. The zero-order valence-electron chi connectivity index (χ0n) is 13.0. The summed E-state index contributed by atoms with van der Waals surface area (Å²) in [5, 5.41) is 11.7. The third-order valence-corrected chi connectivity index (χ3v) is 3.10. The molecular weight excluding hydrogens is 270 g/mol. The van der Waals surface area contributed by atoms with Gasteiger partial charge >= 0.3 is 5.97 Å². The van der Waals surface area contributed by atoms with Gasteiger partial charge in [0, 0.05) is 0 Å². The van der Waals surface area contributed by atoms with Crippen LogP contribution in [0.25, 0.3) is 0 Å². The number of carboxylic acids is 1. The van der Waals surface area contributed by atoms with Crippen LogP contribution in [0.4, 0.5) is 0 Å². The fourth-order valence-electron chi connectivity index (χ4n) is 1.85. The summed E-state index contributed by atoms with van der Waals surface area (Å²) in [7, 11) is 0. The number of nitrogens with one attached hydrogen (secondary N) is 1. The lowest BCUT2D eigenvalue weighted by atomic mass is 9.86. The molecule has 0 aliphatic rings. The number of carbonyl (C=O) groups excluding carboxylic acids is 1. The van der Waals surface area contributed by atoms with E-state index in [-0.39, 0.29) is 18.9 Å². The van der Waals surface area contributed by atoms with Crippen molar-refractivity contribution >= 4 is 11.9 Å². The number of hydrogen-bond acceptors (Lipinski definition) is 3. The average molecular weight is 293 g/mol. The lowest BCUT2D eigenvalue weighted by molar-refractivity contribution is -0.145. The molecular formula is C16H23NO4. The van der Waals surface area contributed by atoms with Gasteiger partial charge in [0.15, 0.2) is 0 Å². The Morgan fingerprint density at radius 2 is 1.90 bits per heavy atom. The van der Waals surface area contributed by atoms with Gasteiger partial charge in [-0.2, -0.15) is 0 Å². The van der Waals surface area contributed by atoms with E-state index in [4.69, 9.17) is 9.84 Å². The number of carboxylic acid groups (broad SMARTS) is 1. The highest BCUT2D eigenvalue weighted by Crippen LogP contribution is 2.20. The van der Waals surface area contributed by atoms with Crippen molar-refractivity contribution in [2.75, 3.05) is 6.61 Å². The first-order valence-electron chi connectivity index (χ1n) is 6.92.